The van der Waals surface area contributed by atoms with Crippen molar-refractivity contribution >= 4 is 27.2 Å². The highest BCUT2D eigenvalue weighted by atomic mass is 32.2. The van der Waals surface area contributed by atoms with Crippen LogP contribution in [0.5, 0.6) is 0 Å². The Balaban J connectivity index is 0.000000239. The van der Waals surface area contributed by atoms with Gasteiger partial charge in [0.1, 0.15) is 0 Å². The second-order valence-electron chi connectivity index (χ2n) is 6.87. The Bertz CT molecular complexity index is 1100. The van der Waals surface area contributed by atoms with Crippen molar-refractivity contribution in [2.75, 3.05) is 12.5 Å². The molecule has 0 heterocycles. The summed E-state index contributed by atoms with van der Waals surface area (Å²) in [4.78, 5) is 2.19. The largest absolute Gasteiger partial charge is 0.255 e. The summed E-state index contributed by atoms with van der Waals surface area (Å²) in [6, 6.07) is 37.1. The number of rotatable bonds is 4. The first kappa shape index (κ1) is 21.9. The van der Waals surface area contributed by atoms with Gasteiger partial charge in [-0.1, -0.05) is 90.8 Å². The van der Waals surface area contributed by atoms with Gasteiger partial charge in [0.2, 0.25) is 0 Å². The van der Waals surface area contributed by atoms with Crippen LogP contribution in [0.25, 0.3) is 22.3 Å². The molecule has 0 amide bonds. The zero-order valence-corrected chi connectivity index (χ0v) is 19.0. The van der Waals surface area contributed by atoms with E-state index in [1.807, 2.05) is 60.7 Å². The van der Waals surface area contributed by atoms with Gasteiger partial charge in [-0.15, -0.1) is 0 Å². The summed E-state index contributed by atoms with van der Waals surface area (Å²) in [5.74, 6) is 3.94. The maximum atomic E-state index is 11.4. The summed E-state index contributed by atoms with van der Waals surface area (Å²) < 4.78 is 11.4. The molecule has 152 valence electrons. The van der Waals surface area contributed by atoms with Gasteiger partial charge in [0.25, 0.3) is 0 Å². The van der Waals surface area contributed by atoms with Crippen LogP contribution in [0.1, 0.15) is 0 Å². The van der Waals surface area contributed by atoms with Gasteiger partial charge in [0.05, 0.1) is 0 Å². The summed E-state index contributed by atoms with van der Waals surface area (Å²) in [5, 5.41) is 0. The normalized spacial score (nSPS) is 12.3. The van der Waals surface area contributed by atoms with Gasteiger partial charge in [-0.3, -0.25) is 4.21 Å². The van der Waals surface area contributed by atoms with Crippen LogP contribution in [-0.2, 0) is 10.8 Å². The lowest BCUT2D eigenvalue weighted by molar-refractivity contribution is 0.687. The number of benzene rings is 4. The van der Waals surface area contributed by atoms with Gasteiger partial charge in [0.15, 0.2) is 0 Å². The molecule has 1 nitrogen and oxygen atoms in total. The second kappa shape index (κ2) is 10.9. The van der Waals surface area contributed by atoms with Crippen LogP contribution in [-0.4, -0.2) is 22.6 Å². The maximum absolute atomic E-state index is 11.4. The van der Waals surface area contributed by atoms with Gasteiger partial charge >= 0.3 is 0 Å². The summed E-state index contributed by atoms with van der Waals surface area (Å²) in [6.07, 6.45) is 3.82. The van der Waals surface area contributed by atoms with Crippen molar-refractivity contribution in [2.45, 2.75) is 9.79 Å². The highest BCUT2D eigenvalue weighted by Gasteiger charge is 2.02. The highest BCUT2D eigenvalue weighted by Crippen LogP contribution is 2.25. The summed E-state index contributed by atoms with van der Waals surface area (Å²) in [7, 11) is -0.751. The van der Waals surface area contributed by atoms with E-state index in [2.05, 4.69) is 60.7 Å². The minimum atomic E-state index is -0.922. The lowest BCUT2D eigenvalue weighted by atomic mass is 10.0. The first-order valence-electron chi connectivity index (χ1n) is 9.64. The van der Waals surface area contributed by atoms with Crippen LogP contribution in [0.15, 0.2) is 119 Å². The van der Waals surface area contributed by atoms with E-state index in [1.54, 1.807) is 6.26 Å². The lowest BCUT2D eigenvalue weighted by Crippen LogP contribution is -1.87. The predicted molar refractivity (Wildman–Crippen MR) is 135 cm³/mol. The van der Waals surface area contributed by atoms with E-state index in [-0.39, 0.29) is 10.5 Å². The fraction of sp³-hybridized carbons (Fsp3) is 0.0741. The third-order valence-electron chi connectivity index (χ3n) is 4.66. The first-order valence-corrected chi connectivity index (χ1v) is 13.0. The fourth-order valence-corrected chi connectivity index (χ4v) is 4.12. The van der Waals surface area contributed by atoms with Gasteiger partial charge in [-0.2, -0.15) is 10.5 Å². The second-order valence-corrected chi connectivity index (χ2v) is 10.00. The van der Waals surface area contributed by atoms with Crippen molar-refractivity contribution in [1.82, 2.24) is 0 Å². The SMILES string of the molecule is C=S(C)c1ccccc1.CS(=O)c1ccc(-c2ccc(-c3ccccc3)cc2)cc1. The molecule has 0 aromatic heterocycles. The molecule has 2 unspecified atom stereocenters. The van der Waals surface area contributed by atoms with Gasteiger partial charge < -0.3 is 0 Å². The molecule has 0 saturated carbocycles. The molecule has 3 heteroatoms. The molecular weight excluding hydrogens is 404 g/mol. The molecular formula is C27H26OS2. The molecule has 0 aliphatic carbocycles. The van der Waals surface area contributed by atoms with Crippen LogP contribution in [0, 0.1) is 0 Å². The molecule has 0 bridgehead atoms. The van der Waals surface area contributed by atoms with Crippen molar-refractivity contribution in [3.8, 4) is 22.3 Å². The average Bonchev–Trinajstić information content (AvgIpc) is 2.81. The van der Waals surface area contributed by atoms with Gasteiger partial charge in [-0.05, 0) is 52.8 Å². The number of hydrogen-bond acceptors (Lipinski definition) is 1. The zero-order valence-electron chi connectivity index (χ0n) is 17.3. The highest BCUT2D eigenvalue weighted by molar-refractivity contribution is 8.13. The van der Waals surface area contributed by atoms with Crippen molar-refractivity contribution in [2.24, 2.45) is 0 Å². The Morgan fingerprint density at radius 3 is 1.23 bits per heavy atom. The monoisotopic (exact) mass is 430 g/mol. The Morgan fingerprint density at radius 1 is 0.500 bits per heavy atom. The van der Waals surface area contributed by atoms with Crippen LogP contribution >= 0.6 is 10.5 Å². The molecule has 0 N–H and O–H groups in total. The predicted octanol–water partition coefficient (Wildman–Crippen LogP) is 7.13. The van der Waals surface area contributed by atoms with E-state index < -0.39 is 10.8 Å². The van der Waals surface area contributed by atoms with E-state index in [1.165, 1.54) is 21.6 Å². The van der Waals surface area contributed by atoms with E-state index in [9.17, 15) is 4.21 Å². The first-order chi connectivity index (χ1) is 14.5. The Morgan fingerprint density at radius 2 is 0.867 bits per heavy atom. The van der Waals surface area contributed by atoms with Crippen molar-refractivity contribution in [3.05, 3.63) is 109 Å². The minimum absolute atomic E-state index is 0.171. The molecule has 0 saturated heterocycles. The molecule has 0 fully saturated rings. The summed E-state index contributed by atoms with van der Waals surface area (Å²) in [6.45, 7) is 0. The maximum Gasteiger partial charge on any atom is 0.0498 e. The van der Waals surface area contributed by atoms with Crippen LogP contribution in [0.2, 0.25) is 0 Å². The van der Waals surface area contributed by atoms with E-state index in [0.717, 1.165) is 10.5 Å². The average molecular weight is 431 g/mol. The molecule has 2 atom stereocenters. The fourth-order valence-electron chi connectivity index (χ4n) is 2.98. The van der Waals surface area contributed by atoms with Crippen molar-refractivity contribution in [3.63, 3.8) is 0 Å². The molecule has 4 aromatic rings. The topological polar surface area (TPSA) is 17.1 Å². The van der Waals surface area contributed by atoms with E-state index >= 15 is 0 Å². The quantitative estimate of drug-likeness (QED) is 0.315. The Labute approximate surface area is 184 Å². The number of hydrogen-bond donors (Lipinski definition) is 0. The molecule has 4 rings (SSSR count). The van der Waals surface area contributed by atoms with Crippen molar-refractivity contribution in [1.29, 1.82) is 0 Å². The van der Waals surface area contributed by atoms with E-state index in [4.69, 9.17) is 0 Å². The molecule has 0 spiro atoms. The van der Waals surface area contributed by atoms with Gasteiger partial charge in [0, 0.05) is 26.8 Å². The third-order valence-corrected chi connectivity index (χ3v) is 6.67. The van der Waals surface area contributed by atoms with Gasteiger partial charge in [-0.25, -0.2) is 0 Å². The standard InChI is InChI=1S/C19H16OS.C8H10S/c1-21(20)19-13-11-18(12-14-19)17-9-7-16(8-10-17)15-5-3-2-4-6-15;1-9(2)8-6-4-3-5-7-8/h2-14H,1H3;3-7H,1H2,2H3. The molecule has 4 aromatic carbocycles. The summed E-state index contributed by atoms with van der Waals surface area (Å²) >= 11 is 0. The van der Waals surface area contributed by atoms with Crippen LogP contribution in [0.3, 0.4) is 0 Å². The van der Waals surface area contributed by atoms with Crippen LogP contribution < -0.4 is 0 Å². The Hall–Kier alpha value is -2.75. The van der Waals surface area contributed by atoms with Crippen molar-refractivity contribution < 1.29 is 4.21 Å². The molecule has 0 aliphatic heterocycles. The Kier molecular flexibility index (Phi) is 7.95. The minimum Gasteiger partial charge on any atom is -0.255 e. The molecule has 0 radical (unpaired) electrons. The lowest BCUT2D eigenvalue weighted by Gasteiger charge is -2.05. The zero-order chi connectivity index (χ0) is 21.3. The smallest absolute Gasteiger partial charge is 0.0498 e. The molecule has 30 heavy (non-hydrogen) atoms. The van der Waals surface area contributed by atoms with E-state index in [0.29, 0.717) is 0 Å². The molecule has 0 aliphatic rings. The summed E-state index contributed by atoms with van der Waals surface area (Å²) in [5.41, 5.74) is 4.75. The third kappa shape index (κ3) is 6.12. The van der Waals surface area contributed by atoms with Crippen LogP contribution in [0.4, 0.5) is 0 Å².